The topological polar surface area (TPSA) is 59.0 Å². The Morgan fingerprint density at radius 3 is 2.71 bits per heavy atom. The lowest BCUT2D eigenvalue weighted by Crippen LogP contribution is -2.32. The molecular formula is C14H18N4OS2. The minimum Gasteiger partial charge on any atom is -0.305 e. The van der Waals surface area contributed by atoms with E-state index in [0.29, 0.717) is 0 Å². The molecule has 5 nitrogen and oxygen atoms in total. The van der Waals surface area contributed by atoms with Gasteiger partial charge >= 0.3 is 0 Å². The average Bonchev–Trinajstić information content (AvgIpc) is 2.89. The van der Waals surface area contributed by atoms with Crippen molar-refractivity contribution in [3.8, 4) is 10.6 Å². The number of carbonyl (C=O) groups is 1. The molecule has 1 unspecified atom stereocenters. The maximum atomic E-state index is 12.4. The van der Waals surface area contributed by atoms with Crippen LogP contribution in [0.15, 0.2) is 18.7 Å². The molecule has 21 heavy (non-hydrogen) atoms. The predicted octanol–water partition coefficient (Wildman–Crippen LogP) is 2.87. The fourth-order valence-electron chi connectivity index (χ4n) is 1.98. The normalized spacial score (nSPS) is 12.2. The maximum absolute atomic E-state index is 12.4. The van der Waals surface area contributed by atoms with Gasteiger partial charge in [-0.15, -0.1) is 0 Å². The summed E-state index contributed by atoms with van der Waals surface area (Å²) in [6.45, 7) is 3.87. The predicted molar refractivity (Wildman–Crippen MR) is 88.8 cm³/mol. The Morgan fingerprint density at radius 2 is 2.10 bits per heavy atom. The highest BCUT2D eigenvalue weighted by atomic mass is 32.2. The Hall–Kier alpha value is -1.47. The van der Waals surface area contributed by atoms with Gasteiger partial charge in [0.2, 0.25) is 5.91 Å². The number of thiazole rings is 1. The van der Waals surface area contributed by atoms with Crippen LogP contribution in [0.3, 0.4) is 0 Å². The van der Waals surface area contributed by atoms with Crippen LogP contribution in [0.5, 0.6) is 0 Å². The van der Waals surface area contributed by atoms with E-state index < -0.39 is 0 Å². The first kappa shape index (κ1) is 15.9. The van der Waals surface area contributed by atoms with Gasteiger partial charge in [-0.3, -0.25) is 4.79 Å². The van der Waals surface area contributed by atoms with E-state index in [0.717, 1.165) is 27.0 Å². The smallest absolute Gasteiger partial charge is 0.231 e. The number of anilines is 1. The molecule has 0 radical (unpaired) electrons. The van der Waals surface area contributed by atoms with E-state index in [4.69, 9.17) is 0 Å². The van der Waals surface area contributed by atoms with E-state index in [9.17, 15) is 4.79 Å². The molecule has 2 aromatic heterocycles. The lowest BCUT2D eigenvalue weighted by molar-refractivity contribution is -0.120. The highest BCUT2D eigenvalue weighted by molar-refractivity contribution is 7.98. The Kier molecular flexibility index (Phi) is 5.30. The summed E-state index contributed by atoms with van der Waals surface area (Å²) in [6.07, 6.45) is 6.96. The fraction of sp³-hybridized carbons (Fsp3) is 0.429. The third kappa shape index (κ3) is 3.59. The van der Waals surface area contributed by atoms with E-state index in [1.54, 1.807) is 29.1 Å². The maximum Gasteiger partial charge on any atom is 0.231 e. The summed E-state index contributed by atoms with van der Waals surface area (Å²) in [4.78, 5) is 26.6. The quantitative estimate of drug-likeness (QED) is 0.847. The van der Waals surface area contributed by atoms with Crippen LogP contribution >= 0.6 is 23.1 Å². The van der Waals surface area contributed by atoms with Crippen molar-refractivity contribution in [2.75, 3.05) is 24.0 Å². The molecule has 2 heterocycles. The van der Waals surface area contributed by atoms with Crippen molar-refractivity contribution < 1.29 is 4.79 Å². The zero-order chi connectivity index (χ0) is 15.4. The molecule has 0 fully saturated rings. The molecule has 1 atom stereocenters. The van der Waals surface area contributed by atoms with Crippen LogP contribution in [-0.2, 0) is 4.79 Å². The third-order valence-electron chi connectivity index (χ3n) is 3.05. The second-order valence-corrected chi connectivity index (χ2v) is 6.68. The highest BCUT2D eigenvalue weighted by Crippen LogP contribution is 2.33. The molecule has 0 bridgehead atoms. The standard InChI is InChI=1S/C14H18N4OS2/c1-9(7-20-4)13(19)18(3)14-10(2)17-12(21-14)11-5-15-8-16-6-11/h5-6,8-9H,7H2,1-4H3. The number of amides is 1. The van der Waals surface area contributed by atoms with Gasteiger partial charge in [0.05, 0.1) is 5.69 Å². The lowest BCUT2D eigenvalue weighted by atomic mass is 10.2. The summed E-state index contributed by atoms with van der Waals surface area (Å²) in [5, 5.41) is 1.71. The number of hydrogen-bond donors (Lipinski definition) is 0. The van der Waals surface area contributed by atoms with Gasteiger partial charge in [-0.25, -0.2) is 15.0 Å². The van der Waals surface area contributed by atoms with E-state index in [2.05, 4.69) is 15.0 Å². The molecule has 112 valence electrons. The van der Waals surface area contributed by atoms with Crippen LogP contribution in [0.25, 0.3) is 10.6 Å². The van der Waals surface area contributed by atoms with Crippen molar-refractivity contribution in [1.82, 2.24) is 15.0 Å². The molecule has 1 amide bonds. The number of aromatic nitrogens is 3. The molecule has 0 spiro atoms. The van der Waals surface area contributed by atoms with E-state index >= 15 is 0 Å². The minimum absolute atomic E-state index is 0.00462. The summed E-state index contributed by atoms with van der Waals surface area (Å²) in [7, 11) is 1.81. The third-order valence-corrected chi connectivity index (χ3v) is 5.17. The SMILES string of the molecule is CSCC(C)C(=O)N(C)c1sc(-c2cncnc2)nc1C. The minimum atomic E-state index is -0.00462. The van der Waals surface area contributed by atoms with Gasteiger partial charge in [-0.05, 0) is 13.2 Å². The second-order valence-electron chi connectivity index (χ2n) is 4.79. The number of hydrogen-bond acceptors (Lipinski definition) is 6. The fourth-order valence-corrected chi connectivity index (χ4v) is 3.64. The number of carbonyl (C=O) groups excluding carboxylic acids is 1. The van der Waals surface area contributed by atoms with Crippen LogP contribution < -0.4 is 4.90 Å². The first-order chi connectivity index (χ1) is 10.0. The van der Waals surface area contributed by atoms with Gasteiger partial charge in [0.1, 0.15) is 16.3 Å². The molecule has 0 N–H and O–H groups in total. The summed E-state index contributed by atoms with van der Waals surface area (Å²) in [6, 6.07) is 0. The first-order valence-corrected chi connectivity index (χ1v) is 8.75. The molecule has 2 aromatic rings. The molecule has 0 aromatic carbocycles. The van der Waals surface area contributed by atoms with Gasteiger partial charge in [-0.1, -0.05) is 18.3 Å². The van der Waals surface area contributed by atoms with Gasteiger partial charge in [-0.2, -0.15) is 11.8 Å². The van der Waals surface area contributed by atoms with E-state index in [1.165, 1.54) is 17.7 Å². The van der Waals surface area contributed by atoms with E-state index in [-0.39, 0.29) is 11.8 Å². The molecule has 2 rings (SSSR count). The zero-order valence-corrected chi connectivity index (χ0v) is 14.2. The summed E-state index contributed by atoms with van der Waals surface area (Å²) in [5.74, 6) is 0.933. The zero-order valence-electron chi connectivity index (χ0n) is 12.5. The van der Waals surface area contributed by atoms with Crippen molar-refractivity contribution in [1.29, 1.82) is 0 Å². The van der Waals surface area contributed by atoms with E-state index in [1.807, 2.05) is 27.2 Å². The van der Waals surface area contributed by atoms with Crippen LogP contribution in [0, 0.1) is 12.8 Å². The number of aryl methyl sites for hydroxylation is 1. The molecule has 0 saturated carbocycles. The van der Waals surface area contributed by atoms with Crippen molar-refractivity contribution in [2.45, 2.75) is 13.8 Å². The Labute approximate surface area is 132 Å². The van der Waals surface area contributed by atoms with Crippen molar-refractivity contribution in [3.63, 3.8) is 0 Å². The molecule has 7 heteroatoms. The molecule has 0 aliphatic heterocycles. The van der Waals surface area contributed by atoms with Crippen molar-refractivity contribution in [3.05, 3.63) is 24.4 Å². The van der Waals surface area contributed by atoms with Crippen LogP contribution in [0.4, 0.5) is 5.00 Å². The first-order valence-electron chi connectivity index (χ1n) is 6.54. The summed E-state index contributed by atoms with van der Waals surface area (Å²) < 4.78 is 0. The van der Waals surface area contributed by atoms with Gasteiger partial charge in [0, 0.05) is 36.7 Å². The van der Waals surface area contributed by atoms with Crippen LogP contribution in [0.2, 0.25) is 0 Å². The summed E-state index contributed by atoms with van der Waals surface area (Å²) >= 11 is 3.17. The molecule has 0 aliphatic carbocycles. The summed E-state index contributed by atoms with van der Waals surface area (Å²) in [5.41, 5.74) is 1.72. The van der Waals surface area contributed by atoms with Crippen LogP contribution in [-0.4, -0.2) is 39.9 Å². The van der Waals surface area contributed by atoms with Crippen LogP contribution in [0.1, 0.15) is 12.6 Å². The van der Waals surface area contributed by atoms with Crippen molar-refractivity contribution >= 4 is 34.0 Å². The molecule has 0 saturated heterocycles. The molecular weight excluding hydrogens is 304 g/mol. The average molecular weight is 322 g/mol. The number of rotatable bonds is 5. The highest BCUT2D eigenvalue weighted by Gasteiger charge is 2.22. The van der Waals surface area contributed by atoms with Gasteiger partial charge in [0.15, 0.2) is 0 Å². The largest absolute Gasteiger partial charge is 0.305 e. The Balaban J connectivity index is 2.25. The van der Waals surface area contributed by atoms with Gasteiger partial charge < -0.3 is 4.90 Å². The van der Waals surface area contributed by atoms with Gasteiger partial charge in [0.25, 0.3) is 0 Å². The second kappa shape index (κ2) is 7.00. The Bertz CT molecular complexity index is 615. The number of nitrogens with zero attached hydrogens (tertiary/aromatic N) is 4. The Morgan fingerprint density at radius 1 is 1.43 bits per heavy atom. The number of thioether (sulfide) groups is 1. The lowest BCUT2D eigenvalue weighted by Gasteiger charge is -2.19. The monoisotopic (exact) mass is 322 g/mol. The van der Waals surface area contributed by atoms with Crippen molar-refractivity contribution in [2.24, 2.45) is 5.92 Å². The molecule has 0 aliphatic rings.